The van der Waals surface area contributed by atoms with Crippen LogP contribution < -0.4 is 13.8 Å². The zero-order valence-electron chi connectivity index (χ0n) is 18.1. The molecule has 10 heteroatoms. The lowest BCUT2D eigenvalue weighted by atomic mass is 10.1. The number of halogens is 1. The number of hydrogen-bond donors (Lipinski definition) is 1. The second-order valence-electron chi connectivity index (χ2n) is 7.59. The van der Waals surface area contributed by atoms with Crippen LogP contribution in [0.4, 0.5) is 11.4 Å². The van der Waals surface area contributed by atoms with E-state index in [1.807, 2.05) is 6.92 Å². The molecule has 0 atom stereocenters. The van der Waals surface area contributed by atoms with Crippen molar-refractivity contribution in [2.24, 2.45) is 0 Å². The first-order valence-electron chi connectivity index (χ1n) is 10.3. The molecule has 3 aromatic carbocycles. The van der Waals surface area contributed by atoms with Crippen molar-refractivity contribution in [2.45, 2.75) is 30.1 Å². The number of rotatable bonds is 7. The van der Waals surface area contributed by atoms with E-state index in [4.69, 9.17) is 16.3 Å². The topological polar surface area (TPSA) is 92.8 Å². The molecule has 3 aromatic rings. The van der Waals surface area contributed by atoms with Crippen molar-refractivity contribution in [3.05, 3.63) is 76.8 Å². The van der Waals surface area contributed by atoms with Gasteiger partial charge < -0.3 is 4.74 Å². The van der Waals surface area contributed by atoms with Gasteiger partial charge in [0.1, 0.15) is 5.75 Å². The number of hydrogen-bond acceptors (Lipinski definition) is 5. The minimum Gasteiger partial charge on any atom is -0.494 e. The Morgan fingerprint density at radius 2 is 1.67 bits per heavy atom. The van der Waals surface area contributed by atoms with E-state index in [-0.39, 0.29) is 22.0 Å². The van der Waals surface area contributed by atoms with Crippen LogP contribution in [-0.4, -0.2) is 30.0 Å². The van der Waals surface area contributed by atoms with Crippen molar-refractivity contribution >= 4 is 43.0 Å². The number of nitrogens with zero attached hydrogens (tertiary/aromatic N) is 1. The third-order valence-corrected chi connectivity index (χ3v) is 8.81. The van der Waals surface area contributed by atoms with E-state index in [1.165, 1.54) is 40.7 Å². The molecule has 1 aliphatic rings. The molecule has 0 fully saturated rings. The Hall–Kier alpha value is -2.75. The van der Waals surface area contributed by atoms with Gasteiger partial charge in [0, 0.05) is 11.6 Å². The quantitative estimate of drug-likeness (QED) is 0.505. The highest BCUT2D eigenvalue weighted by Gasteiger charge is 2.31. The third kappa shape index (κ3) is 4.66. The molecule has 33 heavy (non-hydrogen) atoms. The summed E-state index contributed by atoms with van der Waals surface area (Å²) in [4.78, 5) is 0.213. The minimum atomic E-state index is -3.88. The second kappa shape index (κ2) is 8.89. The molecule has 0 amide bonds. The number of nitrogens with one attached hydrogen (secondary N) is 1. The molecule has 1 aliphatic heterocycles. The summed E-state index contributed by atoms with van der Waals surface area (Å²) in [5, 5.41) is 0.442. The molecule has 0 radical (unpaired) electrons. The molecule has 174 valence electrons. The van der Waals surface area contributed by atoms with Crippen LogP contribution in [0, 0.1) is 6.92 Å². The van der Waals surface area contributed by atoms with Gasteiger partial charge in [0.05, 0.1) is 27.8 Å². The average Bonchev–Trinajstić information content (AvgIpc) is 3.19. The molecule has 7 nitrogen and oxygen atoms in total. The zero-order valence-corrected chi connectivity index (χ0v) is 20.5. The van der Waals surface area contributed by atoms with Crippen LogP contribution in [0.3, 0.4) is 0 Å². The van der Waals surface area contributed by atoms with E-state index < -0.39 is 20.0 Å². The monoisotopic (exact) mass is 506 g/mol. The maximum Gasteiger partial charge on any atom is 0.264 e. The van der Waals surface area contributed by atoms with Crippen molar-refractivity contribution in [1.29, 1.82) is 0 Å². The van der Waals surface area contributed by atoms with Crippen molar-refractivity contribution in [1.82, 2.24) is 0 Å². The second-order valence-corrected chi connectivity index (χ2v) is 11.6. The van der Waals surface area contributed by atoms with Crippen molar-refractivity contribution in [3.8, 4) is 5.75 Å². The Morgan fingerprint density at radius 3 is 2.33 bits per heavy atom. The Balaban J connectivity index is 1.63. The standard InChI is InChI=1S/C23H23ClN2O5S2/c1-3-31-23-11-10-21(14-16(23)2)32(27,28)25-19-7-4-17-12-13-26(22(17)15-19)33(29,30)20-8-5-18(24)6-9-20/h4-11,14-15,25H,3,12-13H2,1-2H3. The Morgan fingerprint density at radius 1 is 0.970 bits per heavy atom. The summed E-state index contributed by atoms with van der Waals surface area (Å²) in [6, 6.07) is 15.5. The average molecular weight is 507 g/mol. The van der Waals surface area contributed by atoms with Gasteiger partial charge in [0.25, 0.3) is 20.0 Å². The van der Waals surface area contributed by atoms with Crippen molar-refractivity contribution < 1.29 is 21.6 Å². The molecular formula is C23H23ClN2O5S2. The minimum absolute atomic E-state index is 0.0922. The van der Waals surface area contributed by atoms with Gasteiger partial charge in [-0.05, 0) is 86.0 Å². The zero-order chi connectivity index (χ0) is 23.8. The molecule has 0 bridgehead atoms. The van der Waals surface area contributed by atoms with Crippen LogP contribution in [0.5, 0.6) is 5.75 Å². The summed E-state index contributed by atoms with van der Waals surface area (Å²) in [5.74, 6) is 0.622. The van der Waals surface area contributed by atoms with Gasteiger partial charge >= 0.3 is 0 Å². The maximum absolute atomic E-state index is 13.2. The summed E-state index contributed by atoms with van der Waals surface area (Å²) in [7, 11) is -7.70. The number of fused-ring (bicyclic) bond motifs is 1. The molecule has 1 heterocycles. The van der Waals surface area contributed by atoms with Crippen LogP contribution in [0.1, 0.15) is 18.1 Å². The van der Waals surface area contributed by atoms with E-state index in [0.717, 1.165) is 5.56 Å². The number of ether oxygens (including phenoxy) is 1. The van der Waals surface area contributed by atoms with E-state index >= 15 is 0 Å². The van der Waals surface area contributed by atoms with Crippen LogP contribution in [-0.2, 0) is 26.5 Å². The van der Waals surface area contributed by atoms with E-state index in [9.17, 15) is 16.8 Å². The maximum atomic E-state index is 13.2. The predicted octanol–water partition coefficient (Wildman–Crippen LogP) is 4.60. The van der Waals surface area contributed by atoms with E-state index in [1.54, 1.807) is 31.2 Å². The predicted molar refractivity (Wildman–Crippen MR) is 129 cm³/mol. The first-order chi connectivity index (χ1) is 15.6. The molecule has 4 rings (SSSR count). The van der Waals surface area contributed by atoms with Crippen LogP contribution >= 0.6 is 11.6 Å². The lowest BCUT2D eigenvalue weighted by Gasteiger charge is -2.20. The van der Waals surface area contributed by atoms with Gasteiger partial charge in [-0.25, -0.2) is 16.8 Å². The van der Waals surface area contributed by atoms with Gasteiger partial charge in [-0.3, -0.25) is 9.03 Å². The summed E-state index contributed by atoms with van der Waals surface area (Å²) in [5.41, 5.74) is 2.26. The lowest BCUT2D eigenvalue weighted by molar-refractivity contribution is 0.337. The fraction of sp³-hybridized carbons (Fsp3) is 0.217. The highest BCUT2D eigenvalue weighted by molar-refractivity contribution is 7.93. The molecule has 0 saturated heterocycles. The highest BCUT2D eigenvalue weighted by Crippen LogP contribution is 2.36. The number of benzene rings is 3. The third-order valence-electron chi connectivity index (χ3n) is 5.35. The van der Waals surface area contributed by atoms with Crippen LogP contribution in [0.2, 0.25) is 5.02 Å². The molecule has 0 saturated carbocycles. The van der Waals surface area contributed by atoms with E-state index in [0.29, 0.717) is 35.1 Å². The number of aryl methyl sites for hydroxylation is 1. The normalized spacial score (nSPS) is 13.6. The molecular weight excluding hydrogens is 484 g/mol. The van der Waals surface area contributed by atoms with Gasteiger partial charge in [0.2, 0.25) is 0 Å². The first-order valence-corrected chi connectivity index (χ1v) is 13.6. The highest BCUT2D eigenvalue weighted by atomic mass is 35.5. The van der Waals surface area contributed by atoms with Gasteiger partial charge in [0.15, 0.2) is 0 Å². The SMILES string of the molecule is CCOc1ccc(S(=O)(=O)Nc2ccc3c(c2)N(S(=O)(=O)c2ccc(Cl)cc2)CC3)cc1C. The first kappa shape index (κ1) is 23.4. The Kier molecular flexibility index (Phi) is 6.30. The fourth-order valence-corrected chi connectivity index (χ4v) is 6.47. The fourth-order valence-electron chi connectivity index (χ4n) is 3.72. The van der Waals surface area contributed by atoms with Crippen molar-refractivity contribution in [2.75, 3.05) is 22.2 Å². The summed E-state index contributed by atoms with van der Waals surface area (Å²) in [6.07, 6.45) is 0.535. The molecule has 0 unspecified atom stereocenters. The smallest absolute Gasteiger partial charge is 0.264 e. The van der Waals surface area contributed by atoms with E-state index in [2.05, 4.69) is 4.72 Å². The molecule has 1 N–H and O–H groups in total. The van der Waals surface area contributed by atoms with Crippen LogP contribution in [0.15, 0.2) is 70.5 Å². The summed E-state index contributed by atoms with van der Waals surface area (Å²) < 4.78 is 61.6. The van der Waals surface area contributed by atoms with Crippen molar-refractivity contribution in [3.63, 3.8) is 0 Å². The van der Waals surface area contributed by atoms with Gasteiger partial charge in [-0.2, -0.15) is 0 Å². The van der Waals surface area contributed by atoms with Crippen LogP contribution in [0.25, 0.3) is 0 Å². The number of sulfonamides is 2. The largest absolute Gasteiger partial charge is 0.494 e. The van der Waals surface area contributed by atoms with Gasteiger partial charge in [-0.15, -0.1) is 0 Å². The summed E-state index contributed by atoms with van der Waals surface area (Å²) in [6.45, 7) is 4.39. The van der Waals surface area contributed by atoms with Gasteiger partial charge in [-0.1, -0.05) is 17.7 Å². The molecule has 0 aromatic heterocycles. The Labute approximate surface area is 199 Å². The Bertz CT molecular complexity index is 1410. The molecule has 0 aliphatic carbocycles. The molecule has 0 spiro atoms. The number of anilines is 2. The summed E-state index contributed by atoms with van der Waals surface area (Å²) >= 11 is 5.89. The lowest BCUT2D eigenvalue weighted by Crippen LogP contribution is -2.29.